The number of rotatable bonds is 4. The van der Waals surface area contributed by atoms with Gasteiger partial charge in [0.25, 0.3) is 5.91 Å². The predicted molar refractivity (Wildman–Crippen MR) is 90.4 cm³/mol. The SMILES string of the molecule is O=C(c1cc(-c2ccco2)on1)N1CC(c2nc(-c3ccncc3)no2)C1. The lowest BCUT2D eigenvalue weighted by Gasteiger charge is -2.36. The second-order valence-corrected chi connectivity index (χ2v) is 6.15. The number of amides is 1. The number of likely N-dealkylation sites (tertiary alicyclic amines) is 1. The van der Waals surface area contributed by atoms with Crippen molar-refractivity contribution in [1.82, 2.24) is 25.2 Å². The average molecular weight is 363 g/mol. The van der Waals surface area contributed by atoms with Gasteiger partial charge in [0.2, 0.25) is 17.5 Å². The van der Waals surface area contributed by atoms with Gasteiger partial charge in [-0.25, -0.2) is 0 Å². The summed E-state index contributed by atoms with van der Waals surface area (Å²) in [4.78, 5) is 22.6. The molecule has 0 aromatic carbocycles. The maximum Gasteiger partial charge on any atom is 0.276 e. The van der Waals surface area contributed by atoms with Gasteiger partial charge in [-0.05, 0) is 24.3 Å². The van der Waals surface area contributed by atoms with Crippen molar-refractivity contribution < 1.29 is 18.3 Å². The fourth-order valence-corrected chi connectivity index (χ4v) is 2.89. The van der Waals surface area contributed by atoms with Gasteiger partial charge in [-0.3, -0.25) is 9.78 Å². The van der Waals surface area contributed by atoms with Gasteiger partial charge in [-0.1, -0.05) is 10.3 Å². The summed E-state index contributed by atoms with van der Waals surface area (Å²) in [5, 5.41) is 7.83. The maximum atomic E-state index is 12.5. The van der Waals surface area contributed by atoms with Crippen molar-refractivity contribution >= 4 is 5.91 Å². The van der Waals surface area contributed by atoms with Gasteiger partial charge in [0.15, 0.2) is 11.5 Å². The molecule has 27 heavy (non-hydrogen) atoms. The van der Waals surface area contributed by atoms with Crippen molar-refractivity contribution in [2.45, 2.75) is 5.92 Å². The van der Waals surface area contributed by atoms with E-state index in [0.717, 1.165) is 5.56 Å². The molecule has 9 heteroatoms. The molecule has 5 heterocycles. The van der Waals surface area contributed by atoms with E-state index in [2.05, 4.69) is 20.3 Å². The van der Waals surface area contributed by atoms with Gasteiger partial charge in [-0.15, -0.1) is 0 Å². The molecule has 0 N–H and O–H groups in total. The van der Waals surface area contributed by atoms with E-state index < -0.39 is 0 Å². The maximum absolute atomic E-state index is 12.5. The Bertz CT molecular complexity index is 1060. The molecule has 0 radical (unpaired) electrons. The third kappa shape index (κ3) is 2.78. The third-order valence-electron chi connectivity index (χ3n) is 4.39. The minimum Gasteiger partial charge on any atom is -0.461 e. The number of pyridine rings is 1. The lowest BCUT2D eigenvalue weighted by atomic mass is 9.99. The summed E-state index contributed by atoms with van der Waals surface area (Å²) in [6.07, 6.45) is 4.87. The minimum absolute atomic E-state index is 0.00785. The van der Waals surface area contributed by atoms with Crippen LogP contribution in [0.2, 0.25) is 0 Å². The molecule has 5 rings (SSSR count). The quantitative estimate of drug-likeness (QED) is 0.544. The van der Waals surface area contributed by atoms with Crippen LogP contribution in [0.4, 0.5) is 0 Å². The van der Waals surface area contributed by atoms with Crippen molar-refractivity contribution in [3.8, 4) is 22.9 Å². The summed E-state index contributed by atoms with van der Waals surface area (Å²) in [7, 11) is 0. The Morgan fingerprint density at radius 1 is 1.07 bits per heavy atom. The van der Waals surface area contributed by atoms with E-state index in [1.165, 1.54) is 6.26 Å². The fraction of sp³-hybridized carbons (Fsp3) is 0.167. The highest BCUT2D eigenvalue weighted by Crippen LogP contribution is 2.29. The number of hydrogen-bond donors (Lipinski definition) is 0. The summed E-state index contributed by atoms with van der Waals surface area (Å²) in [5.41, 5.74) is 1.07. The number of aromatic nitrogens is 4. The highest BCUT2D eigenvalue weighted by Gasteiger charge is 2.37. The number of furan rings is 1. The normalized spacial score (nSPS) is 14.3. The zero-order valence-corrected chi connectivity index (χ0v) is 14.0. The molecule has 0 aliphatic carbocycles. The van der Waals surface area contributed by atoms with Crippen molar-refractivity contribution in [2.75, 3.05) is 13.1 Å². The zero-order chi connectivity index (χ0) is 18.2. The van der Waals surface area contributed by atoms with E-state index in [1.807, 2.05) is 12.1 Å². The summed E-state index contributed by atoms with van der Waals surface area (Å²) < 4.78 is 15.8. The van der Waals surface area contributed by atoms with E-state index in [9.17, 15) is 4.79 Å². The molecular weight excluding hydrogens is 350 g/mol. The number of carbonyl (C=O) groups excluding carboxylic acids is 1. The first kappa shape index (κ1) is 15.5. The molecule has 1 aliphatic heterocycles. The van der Waals surface area contributed by atoms with Crippen LogP contribution in [0.1, 0.15) is 22.3 Å². The lowest BCUT2D eigenvalue weighted by molar-refractivity contribution is 0.0558. The van der Waals surface area contributed by atoms with Crippen molar-refractivity contribution in [1.29, 1.82) is 0 Å². The van der Waals surface area contributed by atoms with Crippen LogP contribution in [0.5, 0.6) is 0 Å². The Hall–Kier alpha value is -3.75. The van der Waals surface area contributed by atoms with Crippen molar-refractivity contribution in [3.63, 3.8) is 0 Å². The molecule has 0 bridgehead atoms. The Morgan fingerprint density at radius 3 is 2.70 bits per heavy atom. The average Bonchev–Trinajstić information content (AvgIpc) is 3.41. The van der Waals surface area contributed by atoms with Crippen LogP contribution in [0, 0.1) is 0 Å². The molecule has 1 fully saturated rings. The summed E-state index contributed by atoms with van der Waals surface area (Å²) >= 11 is 0. The molecular formula is C18H13N5O4. The second kappa shape index (κ2) is 6.20. The van der Waals surface area contributed by atoms with E-state index in [0.29, 0.717) is 36.3 Å². The van der Waals surface area contributed by atoms with Crippen LogP contribution in [-0.2, 0) is 0 Å². The third-order valence-corrected chi connectivity index (χ3v) is 4.39. The van der Waals surface area contributed by atoms with Gasteiger partial charge in [0.1, 0.15) is 0 Å². The summed E-state index contributed by atoms with van der Waals surface area (Å²) in [5.74, 6) is 1.77. The monoisotopic (exact) mass is 363 g/mol. The molecule has 1 amide bonds. The smallest absolute Gasteiger partial charge is 0.276 e. The number of hydrogen-bond acceptors (Lipinski definition) is 8. The Kier molecular flexibility index (Phi) is 3.56. The molecule has 9 nitrogen and oxygen atoms in total. The van der Waals surface area contributed by atoms with E-state index in [1.54, 1.807) is 35.5 Å². The van der Waals surface area contributed by atoms with Crippen molar-refractivity contribution in [2.24, 2.45) is 0 Å². The van der Waals surface area contributed by atoms with Gasteiger partial charge in [0, 0.05) is 37.1 Å². The molecule has 4 aromatic rings. The van der Waals surface area contributed by atoms with Gasteiger partial charge < -0.3 is 18.4 Å². The van der Waals surface area contributed by atoms with Crippen LogP contribution < -0.4 is 0 Å². The number of nitrogens with zero attached hydrogens (tertiary/aromatic N) is 5. The summed E-state index contributed by atoms with van der Waals surface area (Å²) in [6.45, 7) is 0.972. The second-order valence-electron chi connectivity index (χ2n) is 6.15. The van der Waals surface area contributed by atoms with Gasteiger partial charge in [-0.2, -0.15) is 4.98 Å². The standard InChI is InChI=1S/C18H13N5O4/c24-18(13-8-15(26-21-13)14-2-1-7-25-14)23-9-12(10-23)17-20-16(22-27-17)11-3-5-19-6-4-11/h1-8,12H,9-10H2. The van der Waals surface area contributed by atoms with Crippen LogP contribution in [0.15, 0.2) is 62.5 Å². The highest BCUT2D eigenvalue weighted by atomic mass is 16.5. The molecule has 0 unspecified atom stereocenters. The zero-order valence-electron chi connectivity index (χ0n) is 14.0. The van der Waals surface area contributed by atoms with Crippen LogP contribution >= 0.6 is 0 Å². The molecule has 0 atom stereocenters. The first-order chi connectivity index (χ1) is 13.3. The van der Waals surface area contributed by atoms with E-state index in [4.69, 9.17) is 13.5 Å². The first-order valence-electron chi connectivity index (χ1n) is 8.32. The predicted octanol–water partition coefficient (Wildman–Crippen LogP) is 2.62. The molecule has 0 saturated carbocycles. The number of carbonyl (C=O) groups is 1. The molecule has 4 aromatic heterocycles. The largest absolute Gasteiger partial charge is 0.461 e. The Labute approximate surface area is 152 Å². The summed E-state index contributed by atoms with van der Waals surface area (Å²) in [6, 6.07) is 8.68. The van der Waals surface area contributed by atoms with Crippen LogP contribution in [0.3, 0.4) is 0 Å². The van der Waals surface area contributed by atoms with Gasteiger partial charge >= 0.3 is 0 Å². The molecule has 134 valence electrons. The molecule has 0 spiro atoms. The van der Waals surface area contributed by atoms with E-state index >= 15 is 0 Å². The molecule has 1 aliphatic rings. The first-order valence-corrected chi connectivity index (χ1v) is 8.32. The minimum atomic E-state index is -0.207. The van der Waals surface area contributed by atoms with Crippen molar-refractivity contribution in [3.05, 3.63) is 60.6 Å². The Balaban J connectivity index is 1.24. The Morgan fingerprint density at radius 2 is 1.93 bits per heavy atom. The van der Waals surface area contributed by atoms with Gasteiger partial charge in [0.05, 0.1) is 12.2 Å². The highest BCUT2D eigenvalue weighted by molar-refractivity contribution is 5.93. The lowest BCUT2D eigenvalue weighted by Crippen LogP contribution is -2.48. The van der Waals surface area contributed by atoms with E-state index in [-0.39, 0.29) is 17.5 Å². The molecule has 1 saturated heterocycles. The topological polar surface area (TPSA) is 111 Å². The van der Waals surface area contributed by atoms with Crippen LogP contribution in [-0.4, -0.2) is 44.2 Å². The van der Waals surface area contributed by atoms with Crippen LogP contribution in [0.25, 0.3) is 22.9 Å². The fourth-order valence-electron chi connectivity index (χ4n) is 2.89.